The van der Waals surface area contributed by atoms with Gasteiger partial charge in [-0.05, 0) is 30.4 Å². The van der Waals surface area contributed by atoms with Crippen molar-refractivity contribution in [3.8, 4) is 0 Å². The zero-order valence-corrected chi connectivity index (χ0v) is 12.3. The number of rotatable bonds is 3. The van der Waals surface area contributed by atoms with Crippen LogP contribution in [0.2, 0.25) is 0 Å². The first-order chi connectivity index (χ1) is 11.1. The number of anilines is 1. The summed E-state index contributed by atoms with van der Waals surface area (Å²) < 4.78 is 0. The molecule has 1 aromatic carbocycles. The van der Waals surface area contributed by atoms with E-state index in [1.807, 2.05) is 36.4 Å². The van der Waals surface area contributed by atoms with Crippen molar-refractivity contribution in [1.82, 2.24) is 4.98 Å². The molecule has 116 valence electrons. The summed E-state index contributed by atoms with van der Waals surface area (Å²) in [6.07, 6.45) is 6.23. The van der Waals surface area contributed by atoms with E-state index in [0.717, 1.165) is 5.39 Å². The SMILES string of the molecule is O=C([O-])[C@@H]1[C@@H](C(=O)Nc2cccc3cccnc23)[C@H]2C=C[C@H]1C2. The van der Waals surface area contributed by atoms with Crippen LogP contribution in [-0.2, 0) is 9.59 Å². The molecule has 2 bridgehead atoms. The van der Waals surface area contributed by atoms with Gasteiger partial charge >= 0.3 is 0 Å². The van der Waals surface area contributed by atoms with E-state index in [2.05, 4.69) is 10.3 Å². The molecule has 0 aliphatic heterocycles. The van der Waals surface area contributed by atoms with E-state index in [-0.39, 0.29) is 17.7 Å². The molecule has 5 heteroatoms. The standard InChI is InChI=1S/C18H16N2O3/c21-17(14-11-6-7-12(9-11)15(14)18(22)23)20-13-5-1-3-10-4-2-8-19-16(10)13/h1-8,11-12,14-15H,9H2,(H,20,21)(H,22,23)/p-1/t11-,12-,14-,15-/m0/s1. The van der Waals surface area contributed by atoms with Gasteiger partial charge < -0.3 is 15.2 Å². The number of para-hydroxylation sites is 1. The number of aromatic nitrogens is 1. The van der Waals surface area contributed by atoms with Crippen LogP contribution in [0.4, 0.5) is 5.69 Å². The first-order valence-corrected chi connectivity index (χ1v) is 7.69. The molecule has 0 spiro atoms. The highest BCUT2D eigenvalue weighted by Crippen LogP contribution is 2.48. The van der Waals surface area contributed by atoms with Crippen LogP contribution in [0, 0.1) is 23.7 Å². The van der Waals surface area contributed by atoms with Gasteiger partial charge in [0.25, 0.3) is 0 Å². The molecule has 2 aliphatic rings. The summed E-state index contributed by atoms with van der Waals surface area (Å²) >= 11 is 0. The van der Waals surface area contributed by atoms with Crippen LogP contribution in [0.15, 0.2) is 48.7 Å². The average molecular weight is 307 g/mol. The zero-order chi connectivity index (χ0) is 16.0. The molecule has 23 heavy (non-hydrogen) atoms. The average Bonchev–Trinajstić information content (AvgIpc) is 3.16. The van der Waals surface area contributed by atoms with Gasteiger partial charge in [0.05, 0.1) is 17.1 Å². The molecule has 0 saturated heterocycles. The van der Waals surface area contributed by atoms with Crippen LogP contribution in [0.3, 0.4) is 0 Å². The number of carbonyl (C=O) groups is 2. The van der Waals surface area contributed by atoms with E-state index in [1.165, 1.54) is 0 Å². The van der Waals surface area contributed by atoms with Gasteiger partial charge in [0.1, 0.15) is 0 Å². The van der Waals surface area contributed by atoms with Crippen LogP contribution in [0.25, 0.3) is 10.9 Å². The number of amides is 1. The third kappa shape index (κ3) is 2.20. The van der Waals surface area contributed by atoms with Gasteiger partial charge in [-0.25, -0.2) is 0 Å². The van der Waals surface area contributed by atoms with Gasteiger partial charge in [-0.2, -0.15) is 0 Å². The summed E-state index contributed by atoms with van der Waals surface area (Å²) in [6.45, 7) is 0. The largest absolute Gasteiger partial charge is 0.550 e. The van der Waals surface area contributed by atoms with Gasteiger partial charge in [0.15, 0.2) is 0 Å². The van der Waals surface area contributed by atoms with Gasteiger partial charge in [-0.1, -0.05) is 30.4 Å². The Morgan fingerprint density at radius 2 is 1.83 bits per heavy atom. The summed E-state index contributed by atoms with van der Waals surface area (Å²) in [5, 5.41) is 15.2. The van der Waals surface area contributed by atoms with Crippen molar-refractivity contribution in [3.05, 3.63) is 48.7 Å². The predicted molar refractivity (Wildman–Crippen MR) is 83.1 cm³/mol. The Kier molecular flexibility index (Phi) is 3.15. The Morgan fingerprint density at radius 3 is 2.61 bits per heavy atom. The number of nitrogens with one attached hydrogen (secondary N) is 1. The van der Waals surface area contributed by atoms with Crippen molar-refractivity contribution in [2.75, 3.05) is 5.32 Å². The molecule has 1 aromatic heterocycles. The normalized spacial score (nSPS) is 28.2. The van der Waals surface area contributed by atoms with Crippen molar-refractivity contribution in [1.29, 1.82) is 0 Å². The van der Waals surface area contributed by atoms with Crippen LogP contribution in [-0.4, -0.2) is 16.9 Å². The zero-order valence-electron chi connectivity index (χ0n) is 12.3. The van der Waals surface area contributed by atoms with Crippen molar-refractivity contribution in [2.45, 2.75) is 6.42 Å². The lowest BCUT2D eigenvalue weighted by molar-refractivity contribution is -0.313. The highest BCUT2D eigenvalue weighted by molar-refractivity contribution is 6.02. The Morgan fingerprint density at radius 1 is 1.09 bits per heavy atom. The Labute approximate surface area is 133 Å². The molecule has 0 unspecified atom stereocenters. The number of allylic oxidation sites excluding steroid dienone is 2. The molecule has 4 atom stereocenters. The number of aliphatic carboxylic acids is 1. The minimum absolute atomic E-state index is 0.0224. The summed E-state index contributed by atoms with van der Waals surface area (Å²) in [6, 6.07) is 9.30. The van der Waals surface area contributed by atoms with E-state index >= 15 is 0 Å². The fourth-order valence-corrected chi connectivity index (χ4v) is 3.92. The minimum Gasteiger partial charge on any atom is -0.550 e. The molecule has 2 aromatic rings. The van der Waals surface area contributed by atoms with E-state index in [1.54, 1.807) is 12.3 Å². The second-order valence-corrected chi connectivity index (χ2v) is 6.19. The van der Waals surface area contributed by atoms with Gasteiger partial charge in [-0.3, -0.25) is 9.78 Å². The maximum absolute atomic E-state index is 12.7. The number of carboxylic acid groups (broad SMARTS) is 1. The third-order valence-electron chi connectivity index (χ3n) is 4.92. The molecule has 1 saturated carbocycles. The molecule has 0 radical (unpaired) electrons. The minimum atomic E-state index is -1.14. The molecule has 1 amide bonds. The molecular formula is C18H15N2O3-. The number of carboxylic acids is 1. The van der Waals surface area contributed by atoms with Crippen LogP contribution >= 0.6 is 0 Å². The lowest BCUT2D eigenvalue weighted by Gasteiger charge is -2.27. The lowest BCUT2D eigenvalue weighted by Crippen LogP contribution is -2.42. The van der Waals surface area contributed by atoms with Crippen LogP contribution < -0.4 is 10.4 Å². The van der Waals surface area contributed by atoms with Gasteiger partial charge in [0.2, 0.25) is 5.91 Å². The molecular weight excluding hydrogens is 292 g/mol. The Balaban J connectivity index is 1.65. The number of fused-ring (bicyclic) bond motifs is 3. The molecule has 4 rings (SSSR count). The molecule has 5 nitrogen and oxygen atoms in total. The fraction of sp³-hybridized carbons (Fsp3) is 0.278. The van der Waals surface area contributed by atoms with Crippen molar-refractivity contribution in [3.63, 3.8) is 0 Å². The maximum Gasteiger partial charge on any atom is 0.228 e. The highest BCUT2D eigenvalue weighted by atomic mass is 16.4. The molecule has 2 aliphatic carbocycles. The molecule has 1 fully saturated rings. The second-order valence-electron chi connectivity index (χ2n) is 6.19. The van der Waals surface area contributed by atoms with Gasteiger partial charge in [-0.15, -0.1) is 0 Å². The summed E-state index contributed by atoms with van der Waals surface area (Å²) in [7, 11) is 0. The summed E-state index contributed by atoms with van der Waals surface area (Å²) in [4.78, 5) is 28.4. The van der Waals surface area contributed by atoms with E-state index in [4.69, 9.17) is 0 Å². The van der Waals surface area contributed by atoms with Crippen LogP contribution in [0.5, 0.6) is 0 Å². The highest BCUT2D eigenvalue weighted by Gasteiger charge is 2.48. The number of hydrogen-bond acceptors (Lipinski definition) is 4. The third-order valence-corrected chi connectivity index (χ3v) is 4.92. The summed E-state index contributed by atoms with van der Waals surface area (Å²) in [5.41, 5.74) is 1.31. The topological polar surface area (TPSA) is 82.1 Å². The van der Waals surface area contributed by atoms with E-state index in [0.29, 0.717) is 17.6 Å². The smallest absolute Gasteiger partial charge is 0.228 e. The monoisotopic (exact) mass is 307 g/mol. The molecule has 1 heterocycles. The number of benzene rings is 1. The Bertz CT molecular complexity index is 825. The number of carbonyl (C=O) groups excluding carboxylic acids is 2. The number of nitrogens with zero attached hydrogens (tertiary/aromatic N) is 1. The fourth-order valence-electron chi connectivity index (χ4n) is 3.92. The maximum atomic E-state index is 12.7. The number of hydrogen-bond donors (Lipinski definition) is 1. The number of pyridine rings is 1. The first kappa shape index (κ1) is 13.9. The summed E-state index contributed by atoms with van der Waals surface area (Å²) in [5.74, 6) is -2.84. The second kappa shape index (κ2) is 5.19. The quantitative estimate of drug-likeness (QED) is 0.868. The lowest BCUT2D eigenvalue weighted by atomic mass is 9.82. The molecule has 1 N–H and O–H groups in total. The Hall–Kier alpha value is -2.69. The van der Waals surface area contributed by atoms with Crippen molar-refractivity contribution < 1.29 is 14.7 Å². The van der Waals surface area contributed by atoms with Crippen molar-refractivity contribution in [2.24, 2.45) is 23.7 Å². The van der Waals surface area contributed by atoms with Gasteiger partial charge in [0, 0.05) is 23.5 Å². The first-order valence-electron chi connectivity index (χ1n) is 7.69. The van der Waals surface area contributed by atoms with Crippen molar-refractivity contribution >= 4 is 28.5 Å². The predicted octanol–water partition coefficient (Wildman–Crippen LogP) is 1.36. The van der Waals surface area contributed by atoms with E-state index < -0.39 is 17.8 Å². The van der Waals surface area contributed by atoms with E-state index in [9.17, 15) is 14.7 Å². The van der Waals surface area contributed by atoms with Crippen LogP contribution in [0.1, 0.15) is 6.42 Å².